The number of carboxylic acid groups (broad SMARTS) is 2. The summed E-state index contributed by atoms with van der Waals surface area (Å²) < 4.78 is 1.94. The topological polar surface area (TPSA) is 150 Å². The largest absolute Gasteiger partial charge is 0.480 e. The van der Waals surface area contributed by atoms with E-state index in [1.54, 1.807) is 12.1 Å². The van der Waals surface area contributed by atoms with E-state index in [4.69, 9.17) is 46.3 Å². The number of thiocarbonyl (C=S) groups is 1. The molecule has 0 saturated carbocycles. The van der Waals surface area contributed by atoms with Crippen molar-refractivity contribution in [3.05, 3.63) is 63.8 Å². The first-order valence-corrected chi connectivity index (χ1v) is 15.3. The van der Waals surface area contributed by atoms with Crippen molar-refractivity contribution < 1.29 is 29.2 Å². The molecular formula is C25H26Cl2N5O5S3+. The summed E-state index contributed by atoms with van der Waals surface area (Å²) in [4.78, 5) is 42.7. The van der Waals surface area contributed by atoms with Gasteiger partial charge in [0.25, 0.3) is 5.91 Å². The molecule has 0 radical (unpaired) electrons. The molecule has 1 amide bonds. The Labute approximate surface area is 254 Å². The molecule has 5 N–H and O–H groups in total. The van der Waals surface area contributed by atoms with Gasteiger partial charge in [-0.1, -0.05) is 35.4 Å². The van der Waals surface area contributed by atoms with Crippen molar-refractivity contribution >= 4 is 81.8 Å². The van der Waals surface area contributed by atoms with Gasteiger partial charge >= 0.3 is 11.9 Å². The lowest BCUT2D eigenvalue weighted by Gasteiger charge is -2.49. The molecule has 4 heterocycles. The Morgan fingerprint density at radius 3 is 2.58 bits per heavy atom. The fraction of sp³-hybridized carbons (Fsp3) is 0.360. The lowest BCUT2D eigenvalue weighted by molar-refractivity contribution is -0.697. The van der Waals surface area contributed by atoms with Crippen LogP contribution in [0, 0.1) is 0 Å². The Bertz CT molecular complexity index is 1340. The van der Waals surface area contributed by atoms with E-state index in [2.05, 4.69) is 10.3 Å². The van der Waals surface area contributed by atoms with Gasteiger partial charge in [0.05, 0.1) is 4.99 Å². The van der Waals surface area contributed by atoms with E-state index in [9.17, 15) is 19.5 Å². The van der Waals surface area contributed by atoms with Crippen molar-refractivity contribution in [2.24, 2.45) is 5.73 Å². The number of carboxylic acids is 2. The Hall–Kier alpha value is -2.42. The first-order valence-electron chi connectivity index (χ1n) is 12.1. The first-order chi connectivity index (χ1) is 19.0. The van der Waals surface area contributed by atoms with Gasteiger partial charge in [-0.3, -0.25) is 14.5 Å². The zero-order valence-corrected chi connectivity index (χ0v) is 24.9. The van der Waals surface area contributed by atoms with Gasteiger partial charge in [0, 0.05) is 41.4 Å². The van der Waals surface area contributed by atoms with E-state index in [0.29, 0.717) is 47.9 Å². The molecule has 15 heteroatoms. The molecule has 2 aliphatic rings. The Balaban J connectivity index is 1.33. The van der Waals surface area contributed by atoms with Crippen molar-refractivity contribution in [3.63, 3.8) is 0 Å². The number of carbonyl (C=O) groups excluding carboxylic acids is 1. The molecule has 212 valence electrons. The van der Waals surface area contributed by atoms with Crippen LogP contribution in [0.25, 0.3) is 0 Å². The van der Waals surface area contributed by atoms with Crippen LogP contribution in [0.15, 0.2) is 52.8 Å². The van der Waals surface area contributed by atoms with Crippen LogP contribution < -0.4 is 15.6 Å². The van der Waals surface area contributed by atoms with E-state index >= 15 is 0 Å². The fourth-order valence-corrected chi connectivity index (χ4v) is 7.47. The number of nitrogens with zero attached hydrogens (tertiary/aromatic N) is 3. The van der Waals surface area contributed by atoms with Gasteiger partial charge in [0.1, 0.15) is 40.0 Å². The lowest BCUT2D eigenvalue weighted by Crippen LogP contribution is -2.70. The second-order valence-electron chi connectivity index (χ2n) is 9.16. The van der Waals surface area contributed by atoms with Crippen LogP contribution in [-0.4, -0.2) is 71.9 Å². The van der Waals surface area contributed by atoms with E-state index in [-0.39, 0.29) is 27.3 Å². The molecule has 0 aliphatic carbocycles. The molecule has 10 nitrogen and oxygen atoms in total. The summed E-state index contributed by atoms with van der Waals surface area (Å²) in [5.41, 5.74) is 6.99. The number of fused-ring (bicyclic) bond motifs is 1. The van der Waals surface area contributed by atoms with Gasteiger partial charge in [0.15, 0.2) is 12.4 Å². The SMILES string of the molecule is N[C@@H](CCC[n+]1ccc(SCC2=C(C(=O)O)N3C(=O)[C@H](NC(=S)Cc4cc(Cl)nc(Cl)c4)[C@H]3SC2)cc1)C(=O)O. The summed E-state index contributed by atoms with van der Waals surface area (Å²) in [7, 11) is 0. The van der Waals surface area contributed by atoms with Crippen molar-refractivity contribution in [3.8, 4) is 0 Å². The van der Waals surface area contributed by atoms with Crippen LogP contribution in [0.5, 0.6) is 0 Å². The molecule has 0 unspecified atom stereocenters. The van der Waals surface area contributed by atoms with Crippen LogP contribution in [-0.2, 0) is 27.3 Å². The van der Waals surface area contributed by atoms with E-state index in [1.807, 2.05) is 29.1 Å². The van der Waals surface area contributed by atoms with Crippen molar-refractivity contribution in [2.75, 3.05) is 11.5 Å². The third-order valence-corrected chi connectivity index (χ3v) is 9.36. The molecular weight excluding hydrogens is 617 g/mol. The minimum absolute atomic E-state index is 0.0266. The minimum atomic E-state index is -1.14. The first kappa shape index (κ1) is 30.5. The number of hydrogen-bond donors (Lipinski definition) is 4. The van der Waals surface area contributed by atoms with Gasteiger partial charge in [-0.05, 0) is 29.7 Å². The van der Waals surface area contributed by atoms with Crippen LogP contribution >= 0.6 is 58.9 Å². The number of hydrogen-bond acceptors (Lipinski definition) is 8. The van der Waals surface area contributed by atoms with Crippen LogP contribution in [0.4, 0.5) is 0 Å². The Morgan fingerprint density at radius 1 is 1.27 bits per heavy atom. The number of amides is 1. The zero-order chi connectivity index (χ0) is 29.0. The normalized spacial score (nSPS) is 19.1. The highest BCUT2D eigenvalue weighted by atomic mass is 35.5. The number of halogens is 2. The minimum Gasteiger partial charge on any atom is -0.480 e. The zero-order valence-electron chi connectivity index (χ0n) is 21.0. The van der Waals surface area contributed by atoms with E-state index in [1.165, 1.54) is 28.4 Å². The van der Waals surface area contributed by atoms with Crippen molar-refractivity contribution in [2.45, 2.75) is 48.2 Å². The molecule has 4 rings (SSSR count). The maximum Gasteiger partial charge on any atom is 0.352 e. The monoisotopic (exact) mass is 642 g/mol. The number of pyridine rings is 2. The van der Waals surface area contributed by atoms with Crippen molar-refractivity contribution in [1.82, 2.24) is 15.2 Å². The number of carbonyl (C=O) groups is 3. The third kappa shape index (κ3) is 7.45. The molecule has 1 fully saturated rings. The number of aliphatic carboxylic acids is 2. The van der Waals surface area contributed by atoms with E-state index < -0.39 is 24.0 Å². The summed E-state index contributed by atoms with van der Waals surface area (Å²) in [6, 6.07) is 5.63. The molecule has 0 bridgehead atoms. The number of rotatable bonds is 12. The highest BCUT2D eigenvalue weighted by Gasteiger charge is 2.53. The molecule has 2 aromatic heterocycles. The van der Waals surface area contributed by atoms with Crippen LogP contribution in [0.3, 0.4) is 0 Å². The van der Waals surface area contributed by atoms with Gasteiger partial charge < -0.3 is 21.3 Å². The van der Waals surface area contributed by atoms with Crippen molar-refractivity contribution in [1.29, 1.82) is 0 Å². The molecule has 3 atom stereocenters. The maximum atomic E-state index is 13.0. The Morgan fingerprint density at radius 2 is 1.95 bits per heavy atom. The Kier molecular flexibility index (Phi) is 10.3. The standard InChI is InChI=1S/C25H25Cl2N5O5S3/c26-17-8-13(9-18(27)29-17)10-19(38)30-20-22(33)32-21(25(36)37)14(12-40-23(20)32)11-39-15-3-6-31(7-4-15)5-1-2-16(28)24(34)35/h3-4,6-9,16,20,23H,1-2,5,10-12,28H2,(H2-,30,34,35,36,37,38)/p+1/t16-,20-,23+/m0/s1. The van der Waals surface area contributed by atoms with Crippen LogP contribution in [0.2, 0.25) is 10.3 Å². The fourth-order valence-electron chi connectivity index (χ4n) is 4.30. The highest BCUT2D eigenvalue weighted by Crippen LogP contribution is 2.41. The van der Waals surface area contributed by atoms with E-state index in [0.717, 1.165) is 10.5 Å². The molecule has 40 heavy (non-hydrogen) atoms. The highest BCUT2D eigenvalue weighted by molar-refractivity contribution is 8.01. The molecule has 0 spiro atoms. The quantitative estimate of drug-likeness (QED) is 0.0890. The predicted octanol–water partition coefficient (Wildman–Crippen LogP) is 2.74. The molecule has 2 aromatic rings. The number of nitrogens with two attached hydrogens (primary N) is 1. The number of aromatic nitrogens is 2. The number of thioether (sulfide) groups is 2. The summed E-state index contributed by atoms with van der Waals surface area (Å²) in [6.45, 7) is 0.637. The second kappa shape index (κ2) is 13.5. The number of aryl methyl sites for hydroxylation is 1. The molecule has 1 saturated heterocycles. The maximum absolute atomic E-state index is 13.0. The van der Waals surface area contributed by atoms with Gasteiger partial charge in [-0.2, -0.15) is 0 Å². The predicted molar refractivity (Wildman–Crippen MR) is 157 cm³/mol. The smallest absolute Gasteiger partial charge is 0.352 e. The number of nitrogens with one attached hydrogen (secondary N) is 1. The number of β-lactam (4-membered cyclic amide) rings is 1. The summed E-state index contributed by atoms with van der Waals surface area (Å²) >= 11 is 20.3. The summed E-state index contributed by atoms with van der Waals surface area (Å²) in [6.07, 6.45) is 5.11. The second-order valence-corrected chi connectivity index (χ2v) is 12.6. The van der Waals surface area contributed by atoms with Crippen LogP contribution in [0.1, 0.15) is 18.4 Å². The lowest BCUT2D eigenvalue weighted by atomic mass is 10.0. The van der Waals surface area contributed by atoms with Gasteiger partial charge in [-0.15, -0.1) is 23.5 Å². The third-order valence-electron chi connectivity index (χ3n) is 6.28. The van der Waals surface area contributed by atoms with Gasteiger partial charge in [0.2, 0.25) is 0 Å². The average Bonchev–Trinajstić information content (AvgIpc) is 2.89. The average molecular weight is 644 g/mol. The summed E-state index contributed by atoms with van der Waals surface area (Å²) in [5, 5.41) is 22.0. The molecule has 0 aromatic carbocycles. The summed E-state index contributed by atoms with van der Waals surface area (Å²) in [5.74, 6) is -1.59. The van der Waals surface area contributed by atoms with Gasteiger partial charge in [-0.25, -0.2) is 14.3 Å². The molecule has 2 aliphatic heterocycles.